The molecule has 1 aliphatic heterocycles. The molecule has 0 N–H and O–H groups in total. The lowest BCUT2D eigenvalue weighted by molar-refractivity contribution is -0.121. The molecule has 1 saturated heterocycles. The van der Waals surface area contributed by atoms with Gasteiger partial charge >= 0.3 is 0 Å². The van der Waals surface area contributed by atoms with Crippen LogP contribution in [0.25, 0.3) is 0 Å². The Labute approximate surface area is 180 Å². The van der Waals surface area contributed by atoms with Gasteiger partial charge in [-0.15, -0.1) is 0 Å². The third-order valence-corrected chi connectivity index (χ3v) is 6.76. The predicted octanol–water partition coefficient (Wildman–Crippen LogP) is 4.05. The minimum absolute atomic E-state index is 0.0964. The summed E-state index contributed by atoms with van der Waals surface area (Å²) in [6, 6.07) is 11.0. The number of aromatic nitrogens is 1. The van der Waals surface area contributed by atoms with Crippen molar-refractivity contribution in [2.75, 3.05) is 12.0 Å². The van der Waals surface area contributed by atoms with E-state index in [0.29, 0.717) is 22.0 Å². The van der Waals surface area contributed by atoms with E-state index in [1.54, 1.807) is 31.4 Å². The molecule has 0 bridgehead atoms. The smallest absolute Gasteiger partial charge is 0.247 e. The van der Waals surface area contributed by atoms with Crippen molar-refractivity contribution in [2.45, 2.75) is 55.2 Å². The van der Waals surface area contributed by atoms with E-state index in [2.05, 4.69) is 6.07 Å². The highest BCUT2D eigenvalue weighted by Crippen LogP contribution is 2.36. The summed E-state index contributed by atoms with van der Waals surface area (Å²) in [7, 11) is 1.57. The normalized spacial score (nSPS) is 19.1. The number of hydrogen-bond acceptors (Lipinski definition) is 6. The molecule has 1 aromatic carbocycles. The van der Waals surface area contributed by atoms with Gasteiger partial charge in [-0.2, -0.15) is 5.26 Å². The summed E-state index contributed by atoms with van der Waals surface area (Å²) in [5.41, 5.74) is 3.19. The number of benzene rings is 1. The number of imide groups is 1. The van der Waals surface area contributed by atoms with E-state index < -0.39 is 5.25 Å². The first-order valence-corrected chi connectivity index (χ1v) is 11.1. The van der Waals surface area contributed by atoms with Gasteiger partial charge in [0.25, 0.3) is 0 Å². The molecule has 1 fully saturated rings. The third kappa shape index (κ3) is 4.05. The lowest BCUT2D eigenvalue weighted by Crippen LogP contribution is -2.31. The van der Waals surface area contributed by atoms with Crippen LogP contribution in [0, 0.1) is 11.3 Å². The molecule has 154 valence electrons. The second kappa shape index (κ2) is 8.88. The number of methoxy groups -OCH3 is 1. The van der Waals surface area contributed by atoms with Gasteiger partial charge in [0.15, 0.2) is 0 Å². The zero-order valence-electron chi connectivity index (χ0n) is 16.9. The van der Waals surface area contributed by atoms with Crippen molar-refractivity contribution in [1.82, 2.24) is 4.98 Å². The number of nitrogens with zero attached hydrogens (tertiary/aromatic N) is 3. The molecule has 4 rings (SSSR count). The van der Waals surface area contributed by atoms with Crippen molar-refractivity contribution < 1.29 is 14.3 Å². The average Bonchev–Trinajstić information content (AvgIpc) is 3.02. The van der Waals surface area contributed by atoms with E-state index >= 15 is 0 Å². The van der Waals surface area contributed by atoms with E-state index in [-0.39, 0.29) is 18.2 Å². The van der Waals surface area contributed by atoms with Crippen LogP contribution in [0.15, 0.2) is 35.4 Å². The molecule has 6 nitrogen and oxygen atoms in total. The molecular formula is C23H23N3O3S. The molecule has 0 saturated carbocycles. The molecule has 2 aliphatic rings. The van der Waals surface area contributed by atoms with Crippen LogP contribution in [0.5, 0.6) is 5.75 Å². The summed E-state index contributed by atoms with van der Waals surface area (Å²) in [4.78, 5) is 31.6. The van der Waals surface area contributed by atoms with Crippen LogP contribution in [-0.4, -0.2) is 29.2 Å². The van der Waals surface area contributed by atoms with Crippen LogP contribution in [0.2, 0.25) is 0 Å². The second-order valence-corrected chi connectivity index (χ2v) is 8.74. The maximum absolute atomic E-state index is 13.0. The number of hydrogen-bond donors (Lipinski definition) is 0. The Bertz CT molecular complexity index is 1010. The Hall–Kier alpha value is -2.85. The van der Waals surface area contributed by atoms with Crippen LogP contribution >= 0.6 is 11.8 Å². The van der Waals surface area contributed by atoms with Gasteiger partial charge < -0.3 is 4.74 Å². The van der Waals surface area contributed by atoms with Crippen LogP contribution in [0.1, 0.15) is 48.9 Å². The van der Waals surface area contributed by atoms with E-state index in [9.17, 15) is 14.9 Å². The van der Waals surface area contributed by atoms with E-state index in [4.69, 9.17) is 9.72 Å². The fraction of sp³-hybridized carbons (Fsp3) is 0.391. The van der Waals surface area contributed by atoms with Gasteiger partial charge in [0, 0.05) is 12.1 Å². The maximum Gasteiger partial charge on any atom is 0.247 e. The van der Waals surface area contributed by atoms with Gasteiger partial charge in [0.2, 0.25) is 11.8 Å². The monoisotopic (exact) mass is 421 g/mol. The lowest BCUT2D eigenvalue weighted by atomic mass is 9.96. The molecule has 30 heavy (non-hydrogen) atoms. The zero-order valence-corrected chi connectivity index (χ0v) is 17.7. The first-order chi connectivity index (χ1) is 14.6. The number of pyridine rings is 1. The Balaban J connectivity index is 1.58. The van der Waals surface area contributed by atoms with Gasteiger partial charge in [-0.3, -0.25) is 9.59 Å². The number of ether oxygens (including phenoxy) is 1. The summed E-state index contributed by atoms with van der Waals surface area (Å²) in [5.74, 6) is 0.146. The first kappa shape index (κ1) is 20.4. The SMILES string of the molecule is COc1ccc(N2C(=O)C[C@H](Sc3nc4c(cc3C#N)CCCCCC4)C2=O)cc1. The summed E-state index contributed by atoms with van der Waals surface area (Å²) in [6.45, 7) is 0. The third-order valence-electron chi connectivity index (χ3n) is 5.58. The van der Waals surface area contributed by atoms with Crippen LogP contribution in [-0.2, 0) is 22.4 Å². The van der Waals surface area contributed by atoms with Crippen molar-refractivity contribution in [3.05, 3.63) is 47.2 Å². The van der Waals surface area contributed by atoms with Gasteiger partial charge in [0.05, 0.1) is 23.6 Å². The van der Waals surface area contributed by atoms with Gasteiger partial charge in [-0.1, -0.05) is 24.6 Å². The predicted molar refractivity (Wildman–Crippen MR) is 115 cm³/mol. The number of thioether (sulfide) groups is 1. The number of fused-ring (bicyclic) bond motifs is 1. The van der Waals surface area contributed by atoms with Gasteiger partial charge in [0.1, 0.15) is 16.8 Å². The van der Waals surface area contributed by atoms with Crippen LogP contribution in [0.3, 0.4) is 0 Å². The maximum atomic E-state index is 13.0. The van der Waals surface area contributed by atoms with Crippen LogP contribution < -0.4 is 9.64 Å². The molecule has 1 aliphatic carbocycles. The van der Waals surface area contributed by atoms with Crippen molar-refractivity contribution >= 4 is 29.3 Å². The molecule has 1 aromatic heterocycles. The number of carbonyl (C=O) groups is 2. The molecule has 2 aromatic rings. The number of rotatable bonds is 4. The number of anilines is 1. The fourth-order valence-corrected chi connectivity index (χ4v) is 5.07. The summed E-state index contributed by atoms with van der Waals surface area (Å²) in [5, 5.41) is 9.62. The van der Waals surface area contributed by atoms with E-state index in [1.165, 1.54) is 29.5 Å². The standard InChI is InChI=1S/C23H23N3O3S/c1-29-18-10-8-17(9-11-18)26-21(27)13-20(23(26)28)30-22-16(14-24)12-15-6-4-2-3-5-7-19(15)25-22/h8-12,20H,2-7,13H2,1H3/t20-/m0/s1. The average molecular weight is 422 g/mol. The molecular weight excluding hydrogens is 398 g/mol. The van der Waals surface area contributed by atoms with Crippen LogP contribution in [0.4, 0.5) is 5.69 Å². The molecule has 0 spiro atoms. The topological polar surface area (TPSA) is 83.3 Å². The number of nitriles is 1. The lowest BCUT2D eigenvalue weighted by Gasteiger charge is -2.17. The molecule has 1 atom stereocenters. The largest absolute Gasteiger partial charge is 0.497 e. The fourth-order valence-electron chi connectivity index (χ4n) is 3.97. The first-order valence-electron chi connectivity index (χ1n) is 10.2. The summed E-state index contributed by atoms with van der Waals surface area (Å²) in [6.07, 6.45) is 6.52. The van der Waals surface area contributed by atoms with Crippen molar-refractivity contribution in [2.24, 2.45) is 0 Å². The molecule has 7 heteroatoms. The van der Waals surface area contributed by atoms with Crippen molar-refractivity contribution in [3.8, 4) is 11.8 Å². The highest BCUT2D eigenvalue weighted by molar-refractivity contribution is 8.00. The molecule has 2 amide bonds. The van der Waals surface area contributed by atoms with Crippen molar-refractivity contribution in [3.63, 3.8) is 0 Å². The minimum atomic E-state index is -0.578. The molecule has 0 unspecified atom stereocenters. The Morgan fingerprint density at radius 3 is 2.57 bits per heavy atom. The van der Waals surface area contributed by atoms with Crippen molar-refractivity contribution in [1.29, 1.82) is 5.26 Å². The van der Waals surface area contributed by atoms with Gasteiger partial charge in [-0.25, -0.2) is 9.88 Å². The minimum Gasteiger partial charge on any atom is -0.497 e. The quantitative estimate of drug-likeness (QED) is 0.693. The Kier molecular flexibility index (Phi) is 6.05. The molecule has 2 heterocycles. The molecule has 0 radical (unpaired) electrons. The number of carbonyl (C=O) groups excluding carboxylic acids is 2. The Morgan fingerprint density at radius 1 is 1.13 bits per heavy atom. The highest BCUT2D eigenvalue weighted by atomic mass is 32.2. The second-order valence-electron chi connectivity index (χ2n) is 7.55. The number of amides is 2. The summed E-state index contributed by atoms with van der Waals surface area (Å²) >= 11 is 1.23. The van der Waals surface area contributed by atoms with E-state index in [1.807, 2.05) is 6.07 Å². The Morgan fingerprint density at radius 2 is 1.87 bits per heavy atom. The van der Waals surface area contributed by atoms with E-state index in [0.717, 1.165) is 36.9 Å². The zero-order chi connectivity index (χ0) is 21.1. The highest BCUT2D eigenvalue weighted by Gasteiger charge is 2.40. The number of aryl methyl sites for hydroxylation is 2. The summed E-state index contributed by atoms with van der Waals surface area (Å²) < 4.78 is 5.14. The van der Waals surface area contributed by atoms with Gasteiger partial charge in [-0.05, 0) is 61.6 Å².